The number of aryl methyl sites for hydroxylation is 1. The number of morpholine rings is 1. The second-order valence-corrected chi connectivity index (χ2v) is 7.14. The number of carbonyl (C=O) groups excluding carboxylic acids is 1. The summed E-state index contributed by atoms with van der Waals surface area (Å²) < 4.78 is 7.45. The quantitative estimate of drug-likeness (QED) is 0.724. The molecular formula is C22H25N5O2. The van der Waals surface area contributed by atoms with Gasteiger partial charge in [0, 0.05) is 43.4 Å². The van der Waals surface area contributed by atoms with Gasteiger partial charge in [-0.15, -0.1) is 0 Å². The van der Waals surface area contributed by atoms with Crippen LogP contribution in [0.2, 0.25) is 0 Å². The van der Waals surface area contributed by atoms with Crippen LogP contribution < -0.4 is 10.2 Å². The fourth-order valence-electron chi connectivity index (χ4n) is 3.69. The lowest BCUT2D eigenvalue weighted by atomic mass is 10.2. The first-order valence-electron chi connectivity index (χ1n) is 9.78. The summed E-state index contributed by atoms with van der Waals surface area (Å²) in [4.78, 5) is 23.7. The number of rotatable bonds is 5. The molecular weight excluding hydrogens is 366 g/mol. The van der Waals surface area contributed by atoms with E-state index in [9.17, 15) is 4.79 Å². The summed E-state index contributed by atoms with van der Waals surface area (Å²) in [7, 11) is 0. The molecule has 0 aliphatic carbocycles. The van der Waals surface area contributed by atoms with Crippen molar-refractivity contribution >= 4 is 11.7 Å². The van der Waals surface area contributed by atoms with E-state index in [0.29, 0.717) is 12.1 Å². The van der Waals surface area contributed by atoms with Gasteiger partial charge < -0.3 is 19.5 Å². The number of nitrogens with one attached hydrogen (secondary N) is 1. The predicted octanol–water partition coefficient (Wildman–Crippen LogP) is 2.65. The highest BCUT2D eigenvalue weighted by Gasteiger charge is 2.17. The van der Waals surface area contributed by atoms with Crippen LogP contribution in [-0.2, 0) is 11.3 Å². The van der Waals surface area contributed by atoms with E-state index in [1.807, 2.05) is 48.7 Å². The van der Waals surface area contributed by atoms with Gasteiger partial charge in [0.2, 0.25) is 0 Å². The number of carbonyl (C=O) groups is 1. The molecule has 1 amide bonds. The number of ether oxygens (including phenoxy) is 1. The van der Waals surface area contributed by atoms with E-state index in [0.717, 1.165) is 54.8 Å². The monoisotopic (exact) mass is 391 g/mol. The predicted molar refractivity (Wildman–Crippen MR) is 111 cm³/mol. The van der Waals surface area contributed by atoms with Crippen LogP contribution in [0, 0.1) is 13.8 Å². The maximum Gasteiger partial charge on any atom is 0.253 e. The van der Waals surface area contributed by atoms with E-state index in [1.54, 1.807) is 18.6 Å². The first kappa shape index (κ1) is 19.1. The van der Waals surface area contributed by atoms with Gasteiger partial charge in [0.05, 0.1) is 30.7 Å². The molecule has 1 aliphatic heterocycles. The summed E-state index contributed by atoms with van der Waals surface area (Å²) in [6.07, 6.45) is 5.33. The molecule has 1 fully saturated rings. The standard InChI is InChI=1S/C22H25N5O2/c1-16-12-20(17(2)27(16)19-4-3-6-23-15-19)22(28)25-14-18-5-7-24-21(13-18)26-8-10-29-11-9-26/h3-7,12-13,15H,8-11,14H2,1-2H3,(H,25,28). The summed E-state index contributed by atoms with van der Waals surface area (Å²) in [5, 5.41) is 3.04. The average Bonchev–Trinajstić information content (AvgIpc) is 3.07. The Labute approximate surface area is 170 Å². The van der Waals surface area contributed by atoms with E-state index < -0.39 is 0 Å². The van der Waals surface area contributed by atoms with E-state index in [2.05, 4.69) is 20.2 Å². The Hall–Kier alpha value is -3.19. The molecule has 3 aromatic rings. The van der Waals surface area contributed by atoms with E-state index in [-0.39, 0.29) is 5.91 Å². The van der Waals surface area contributed by atoms with E-state index in [4.69, 9.17) is 4.74 Å². The van der Waals surface area contributed by atoms with Crippen molar-refractivity contribution in [2.45, 2.75) is 20.4 Å². The first-order valence-corrected chi connectivity index (χ1v) is 9.78. The van der Waals surface area contributed by atoms with Crippen LogP contribution in [0.5, 0.6) is 0 Å². The van der Waals surface area contributed by atoms with Crippen LogP contribution in [0.25, 0.3) is 5.69 Å². The van der Waals surface area contributed by atoms with Crippen LogP contribution in [0.4, 0.5) is 5.82 Å². The molecule has 150 valence electrons. The Morgan fingerprint density at radius 1 is 1.17 bits per heavy atom. The minimum Gasteiger partial charge on any atom is -0.378 e. The smallest absolute Gasteiger partial charge is 0.253 e. The number of aromatic nitrogens is 3. The molecule has 0 radical (unpaired) electrons. The van der Waals surface area contributed by atoms with Gasteiger partial charge in [-0.2, -0.15) is 0 Å². The van der Waals surface area contributed by atoms with E-state index >= 15 is 0 Å². The van der Waals surface area contributed by atoms with Gasteiger partial charge in [0.15, 0.2) is 0 Å². The number of hydrogen-bond donors (Lipinski definition) is 1. The van der Waals surface area contributed by atoms with Crippen molar-refractivity contribution in [3.05, 3.63) is 71.4 Å². The second-order valence-electron chi connectivity index (χ2n) is 7.14. The molecule has 1 saturated heterocycles. The zero-order chi connectivity index (χ0) is 20.2. The highest BCUT2D eigenvalue weighted by Crippen LogP contribution is 2.20. The maximum atomic E-state index is 12.8. The molecule has 0 bridgehead atoms. The van der Waals surface area contributed by atoms with Crippen LogP contribution in [0.15, 0.2) is 48.9 Å². The molecule has 7 nitrogen and oxygen atoms in total. The van der Waals surface area contributed by atoms with Gasteiger partial charge in [-0.25, -0.2) is 4.98 Å². The third-order valence-corrected chi connectivity index (χ3v) is 5.18. The largest absolute Gasteiger partial charge is 0.378 e. The molecule has 0 saturated carbocycles. The SMILES string of the molecule is Cc1cc(C(=O)NCc2ccnc(N3CCOCC3)c2)c(C)n1-c1cccnc1. The Bertz CT molecular complexity index is 994. The molecule has 4 heterocycles. The van der Waals surface area contributed by atoms with Crippen molar-refractivity contribution in [1.82, 2.24) is 19.9 Å². The molecule has 4 rings (SSSR count). The fraction of sp³-hybridized carbons (Fsp3) is 0.318. The van der Waals surface area contributed by atoms with Gasteiger partial charge in [0.1, 0.15) is 5.82 Å². The molecule has 0 atom stereocenters. The van der Waals surface area contributed by atoms with Crippen molar-refractivity contribution in [3.63, 3.8) is 0 Å². The number of hydrogen-bond acceptors (Lipinski definition) is 5. The van der Waals surface area contributed by atoms with Crippen molar-refractivity contribution in [1.29, 1.82) is 0 Å². The lowest BCUT2D eigenvalue weighted by Gasteiger charge is -2.28. The Morgan fingerprint density at radius 3 is 2.76 bits per heavy atom. The Kier molecular flexibility index (Phi) is 5.57. The maximum absolute atomic E-state index is 12.8. The summed E-state index contributed by atoms with van der Waals surface area (Å²) >= 11 is 0. The number of pyridine rings is 2. The van der Waals surface area contributed by atoms with Crippen LogP contribution in [0.3, 0.4) is 0 Å². The fourth-order valence-corrected chi connectivity index (χ4v) is 3.69. The van der Waals surface area contributed by atoms with Gasteiger partial charge >= 0.3 is 0 Å². The van der Waals surface area contributed by atoms with Crippen LogP contribution in [-0.4, -0.2) is 46.7 Å². The van der Waals surface area contributed by atoms with E-state index in [1.165, 1.54) is 0 Å². The van der Waals surface area contributed by atoms with Crippen LogP contribution in [0.1, 0.15) is 27.3 Å². The molecule has 3 aromatic heterocycles. The zero-order valence-electron chi connectivity index (χ0n) is 16.8. The third-order valence-electron chi connectivity index (χ3n) is 5.18. The molecule has 0 aromatic carbocycles. The van der Waals surface area contributed by atoms with Crippen molar-refractivity contribution in [2.24, 2.45) is 0 Å². The van der Waals surface area contributed by atoms with Gasteiger partial charge in [-0.3, -0.25) is 9.78 Å². The van der Waals surface area contributed by atoms with Gasteiger partial charge in [-0.05, 0) is 49.7 Å². The molecule has 29 heavy (non-hydrogen) atoms. The lowest BCUT2D eigenvalue weighted by molar-refractivity contribution is 0.0950. The molecule has 0 unspecified atom stereocenters. The van der Waals surface area contributed by atoms with Crippen molar-refractivity contribution in [2.75, 3.05) is 31.2 Å². The number of nitrogens with zero attached hydrogens (tertiary/aromatic N) is 4. The second kappa shape index (κ2) is 8.45. The highest BCUT2D eigenvalue weighted by molar-refractivity contribution is 5.95. The zero-order valence-corrected chi connectivity index (χ0v) is 16.8. The first-order chi connectivity index (χ1) is 14.1. The minimum absolute atomic E-state index is 0.0852. The number of amides is 1. The minimum atomic E-state index is -0.0852. The van der Waals surface area contributed by atoms with Crippen molar-refractivity contribution in [3.8, 4) is 5.69 Å². The Balaban J connectivity index is 1.47. The average molecular weight is 391 g/mol. The molecule has 0 spiro atoms. The number of anilines is 1. The Morgan fingerprint density at radius 2 is 2.00 bits per heavy atom. The molecule has 7 heteroatoms. The van der Waals surface area contributed by atoms with Gasteiger partial charge in [-0.1, -0.05) is 0 Å². The normalized spacial score (nSPS) is 14.1. The summed E-state index contributed by atoms with van der Waals surface area (Å²) in [5.41, 5.74) is 4.55. The van der Waals surface area contributed by atoms with Crippen molar-refractivity contribution < 1.29 is 9.53 Å². The highest BCUT2D eigenvalue weighted by atomic mass is 16.5. The lowest BCUT2D eigenvalue weighted by Crippen LogP contribution is -2.36. The summed E-state index contributed by atoms with van der Waals surface area (Å²) in [5.74, 6) is 0.841. The summed E-state index contributed by atoms with van der Waals surface area (Å²) in [6.45, 7) is 7.51. The molecule has 1 N–H and O–H groups in total. The molecule has 1 aliphatic rings. The summed E-state index contributed by atoms with van der Waals surface area (Å²) in [6, 6.07) is 9.76. The van der Waals surface area contributed by atoms with Gasteiger partial charge in [0.25, 0.3) is 5.91 Å². The third kappa shape index (κ3) is 4.14. The van der Waals surface area contributed by atoms with Crippen LogP contribution >= 0.6 is 0 Å². The topological polar surface area (TPSA) is 72.3 Å².